The number of nitrogens with one attached hydrogen (secondary N) is 1. The van der Waals surface area contributed by atoms with Crippen LogP contribution < -0.4 is 4.72 Å². The Bertz CT molecular complexity index is 1120. The van der Waals surface area contributed by atoms with Crippen LogP contribution in [0.3, 0.4) is 0 Å². The van der Waals surface area contributed by atoms with Gasteiger partial charge in [-0.05, 0) is 61.9 Å². The molecule has 0 fully saturated rings. The summed E-state index contributed by atoms with van der Waals surface area (Å²) in [4.78, 5) is 16.1. The molecule has 0 radical (unpaired) electrons. The zero-order valence-corrected chi connectivity index (χ0v) is 19.4. The van der Waals surface area contributed by atoms with Crippen LogP contribution in [0, 0.1) is 6.92 Å². The first-order chi connectivity index (χ1) is 16.0. The van der Waals surface area contributed by atoms with Gasteiger partial charge in [0.25, 0.3) is 10.0 Å². The fourth-order valence-corrected chi connectivity index (χ4v) is 4.18. The molecule has 1 N–H and O–H groups in total. The van der Waals surface area contributed by atoms with Gasteiger partial charge in [0.1, 0.15) is 0 Å². The maximum absolute atomic E-state index is 12.2. The highest BCUT2D eigenvalue weighted by Gasteiger charge is 2.18. The van der Waals surface area contributed by atoms with E-state index in [1.807, 2.05) is 48.2 Å². The second-order valence-corrected chi connectivity index (χ2v) is 9.31. The topological polar surface area (TPSA) is 85.4 Å². The molecule has 0 unspecified atom stereocenters. The summed E-state index contributed by atoms with van der Waals surface area (Å²) < 4.78 is 31.4. The maximum Gasteiger partial charge on any atom is 0.421 e. The van der Waals surface area contributed by atoms with Crippen LogP contribution in [0.1, 0.15) is 42.4 Å². The van der Waals surface area contributed by atoms with E-state index >= 15 is 0 Å². The van der Waals surface area contributed by atoms with Crippen LogP contribution in [-0.2, 0) is 14.8 Å². The molecular formula is C26H28N2O4S. The van der Waals surface area contributed by atoms with E-state index in [2.05, 4.69) is 23.2 Å². The number of unbranched alkanes of at least 4 members (excludes halogenated alkanes) is 3. The molecule has 0 saturated carbocycles. The van der Waals surface area contributed by atoms with Crippen molar-refractivity contribution in [2.24, 2.45) is 0 Å². The van der Waals surface area contributed by atoms with Gasteiger partial charge in [0.05, 0.1) is 11.5 Å². The first kappa shape index (κ1) is 24.2. The number of amides is 1. The fourth-order valence-electron chi connectivity index (χ4n) is 3.29. The van der Waals surface area contributed by atoms with Crippen molar-refractivity contribution in [3.63, 3.8) is 0 Å². The molecule has 1 amide bonds. The van der Waals surface area contributed by atoms with Crippen molar-refractivity contribution >= 4 is 21.7 Å². The van der Waals surface area contributed by atoms with Crippen molar-refractivity contribution in [3.8, 4) is 0 Å². The first-order valence-electron chi connectivity index (χ1n) is 10.9. The van der Waals surface area contributed by atoms with Gasteiger partial charge >= 0.3 is 6.09 Å². The molecule has 1 aromatic heterocycles. The van der Waals surface area contributed by atoms with Crippen molar-refractivity contribution in [2.75, 3.05) is 6.61 Å². The highest BCUT2D eigenvalue weighted by Crippen LogP contribution is 2.23. The van der Waals surface area contributed by atoms with E-state index in [0.29, 0.717) is 6.42 Å². The smallest absolute Gasteiger partial charge is 0.421 e. The fraction of sp³-hybridized carbons (Fsp3) is 0.231. The van der Waals surface area contributed by atoms with Crippen molar-refractivity contribution in [1.29, 1.82) is 0 Å². The molecule has 0 aliphatic heterocycles. The van der Waals surface area contributed by atoms with Gasteiger partial charge in [0.2, 0.25) is 0 Å². The standard InChI is InChI=1S/C26H28N2O4S/c1-21-14-16-24(17-15-21)33(30,31)28-26(29)32-19-8-3-2-7-13-25(22-10-5-4-6-11-22)23-12-9-18-27-20-23/h4-6,9-18,20H,2-3,7-8,19H2,1H3,(H,28,29)/b25-13+. The third kappa shape index (κ3) is 7.57. The summed E-state index contributed by atoms with van der Waals surface area (Å²) in [5.74, 6) is 0. The van der Waals surface area contributed by atoms with Crippen molar-refractivity contribution < 1.29 is 17.9 Å². The van der Waals surface area contributed by atoms with E-state index < -0.39 is 16.1 Å². The number of carbonyl (C=O) groups is 1. The summed E-state index contributed by atoms with van der Waals surface area (Å²) in [6.07, 6.45) is 8.15. The third-order valence-corrected chi connectivity index (χ3v) is 6.36. The second-order valence-electron chi connectivity index (χ2n) is 7.63. The highest BCUT2D eigenvalue weighted by molar-refractivity contribution is 7.90. The number of aromatic nitrogens is 1. The Morgan fingerprint density at radius 1 is 0.939 bits per heavy atom. The molecule has 2 aromatic carbocycles. The van der Waals surface area contributed by atoms with Crippen LogP contribution in [0.15, 0.2) is 90.1 Å². The Hall–Kier alpha value is -3.45. The van der Waals surface area contributed by atoms with Crippen LogP contribution in [-0.4, -0.2) is 26.1 Å². The van der Waals surface area contributed by atoms with E-state index in [0.717, 1.165) is 41.5 Å². The zero-order chi connectivity index (χ0) is 23.5. The summed E-state index contributed by atoms with van der Waals surface area (Å²) >= 11 is 0. The Morgan fingerprint density at radius 3 is 2.36 bits per heavy atom. The molecule has 0 spiro atoms. The minimum absolute atomic E-state index is 0.0275. The lowest BCUT2D eigenvalue weighted by Gasteiger charge is -2.09. The van der Waals surface area contributed by atoms with Gasteiger partial charge in [-0.25, -0.2) is 17.9 Å². The second kappa shape index (κ2) is 12.0. The van der Waals surface area contributed by atoms with E-state index in [1.54, 1.807) is 18.3 Å². The Morgan fingerprint density at radius 2 is 1.67 bits per heavy atom. The van der Waals surface area contributed by atoms with Gasteiger partial charge in [-0.1, -0.05) is 60.2 Å². The molecule has 172 valence electrons. The number of pyridine rings is 1. The molecule has 0 aliphatic rings. The third-order valence-electron chi connectivity index (χ3n) is 5.04. The number of rotatable bonds is 10. The lowest BCUT2D eigenvalue weighted by Crippen LogP contribution is -2.31. The van der Waals surface area contributed by atoms with Crippen molar-refractivity contribution in [1.82, 2.24) is 9.71 Å². The molecule has 0 bridgehead atoms. The average molecular weight is 465 g/mol. The van der Waals surface area contributed by atoms with E-state index in [1.165, 1.54) is 12.1 Å². The van der Waals surface area contributed by atoms with Crippen LogP contribution in [0.5, 0.6) is 0 Å². The summed E-state index contributed by atoms with van der Waals surface area (Å²) in [6.45, 7) is 2.02. The minimum Gasteiger partial charge on any atom is -0.449 e. The number of hydrogen-bond acceptors (Lipinski definition) is 5. The highest BCUT2D eigenvalue weighted by atomic mass is 32.2. The molecule has 6 nitrogen and oxygen atoms in total. The van der Waals surface area contributed by atoms with Crippen molar-refractivity contribution in [3.05, 3.63) is 102 Å². The average Bonchev–Trinajstić information content (AvgIpc) is 2.82. The van der Waals surface area contributed by atoms with Gasteiger partial charge in [-0.2, -0.15) is 0 Å². The summed E-state index contributed by atoms with van der Waals surface area (Å²) in [7, 11) is -3.93. The summed E-state index contributed by atoms with van der Waals surface area (Å²) in [6, 6.07) is 20.4. The summed E-state index contributed by atoms with van der Waals surface area (Å²) in [5, 5.41) is 0. The number of carbonyl (C=O) groups excluding carboxylic acids is 1. The number of nitrogens with zero attached hydrogens (tertiary/aromatic N) is 1. The molecule has 7 heteroatoms. The molecule has 33 heavy (non-hydrogen) atoms. The van der Waals surface area contributed by atoms with Gasteiger partial charge in [-0.3, -0.25) is 4.98 Å². The summed E-state index contributed by atoms with van der Waals surface area (Å²) in [5.41, 5.74) is 4.28. The number of aryl methyl sites for hydroxylation is 1. The lowest BCUT2D eigenvalue weighted by atomic mass is 9.97. The molecule has 0 atom stereocenters. The van der Waals surface area contributed by atoms with Crippen LogP contribution in [0.25, 0.3) is 5.57 Å². The van der Waals surface area contributed by atoms with Crippen LogP contribution in [0.4, 0.5) is 4.79 Å². The van der Waals surface area contributed by atoms with Gasteiger partial charge < -0.3 is 4.74 Å². The molecule has 0 saturated heterocycles. The van der Waals surface area contributed by atoms with E-state index in [9.17, 15) is 13.2 Å². The quantitative estimate of drug-likeness (QED) is 0.401. The molecule has 3 aromatic rings. The van der Waals surface area contributed by atoms with E-state index in [4.69, 9.17) is 4.74 Å². The van der Waals surface area contributed by atoms with Crippen molar-refractivity contribution in [2.45, 2.75) is 37.5 Å². The first-order valence-corrected chi connectivity index (χ1v) is 12.4. The van der Waals surface area contributed by atoms with Gasteiger partial charge in [0, 0.05) is 18.0 Å². The number of hydrogen-bond donors (Lipinski definition) is 1. The Labute approximate surface area is 195 Å². The van der Waals surface area contributed by atoms with Gasteiger partial charge in [-0.15, -0.1) is 0 Å². The predicted octanol–water partition coefficient (Wildman–Crippen LogP) is 5.50. The molecule has 1 heterocycles. The molecule has 3 rings (SSSR count). The number of ether oxygens (including phenoxy) is 1. The van der Waals surface area contributed by atoms with Crippen LogP contribution in [0.2, 0.25) is 0 Å². The Balaban J connectivity index is 1.43. The normalized spacial score (nSPS) is 11.7. The van der Waals surface area contributed by atoms with Crippen LogP contribution >= 0.6 is 0 Å². The van der Waals surface area contributed by atoms with Gasteiger partial charge in [0.15, 0.2) is 0 Å². The zero-order valence-electron chi connectivity index (χ0n) is 18.6. The lowest BCUT2D eigenvalue weighted by molar-refractivity contribution is 0.150. The molecular weight excluding hydrogens is 436 g/mol. The number of sulfonamides is 1. The predicted molar refractivity (Wildman–Crippen MR) is 129 cm³/mol. The number of benzene rings is 2. The van der Waals surface area contributed by atoms with E-state index in [-0.39, 0.29) is 11.5 Å². The monoisotopic (exact) mass is 464 g/mol. The number of allylic oxidation sites excluding steroid dienone is 1. The molecule has 0 aliphatic carbocycles. The minimum atomic E-state index is -3.93. The Kier molecular flexibility index (Phi) is 8.78. The SMILES string of the molecule is Cc1ccc(S(=O)(=O)NC(=O)OCCCCC/C=C(\c2ccccc2)c2cccnc2)cc1. The maximum atomic E-state index is 12.2. The largest absolute Gasteiger partial charge is 0.449 e.